The SMILES string of the molecule is COCC[C@@H]1CCOC12CCN(Cc1ccccc1C)CC2. The Morgan fingerprint density at radius 1 is 1.27 bits per heavy atom. The molecule has 2 fully saturated rings. The molecule has 0 aliphatic carbocycles. The number of nitrogens with zero attached hydrogens (tertiary/aromatic N) is 1. The number of methoxy groups -OCH3 is 1. The van der Waals surface area contributed by atoms with Gasteiger partial charge in [0.05, 0.1) is 5.60 Å². The maximum absolute atomic E-state index is 6.23. The summed E-state index contributed by atoms with van der Waals surface area (Å²) in [5.41, 5.74) is 3.00. The van der Waals surface area contributed by atoms with Crippen molar-refractivity contribution in [2.24, 2.45) is 5.92 Å². The first-order chi connectivity index (χ1) is 10.7. The Morgan fingerprint density at radius 2 is 2.05 bits per heavy atom. The largest absolute Gasteiger partial charge is 0.385 e. The quantitative estimate of drug-likeness (QED) is 0.832. The van der Waals surface area contributed by atoms with Gasteiger partial charge in [-0.3, -0.25) is 4.90 Å². The number of ether oxygens (including phenoxy) is 2. The number of likely N-dealkylation sites (tertiary alicyclic amines) is 1. The molecule has 1 spiro atoms. The van der Waals surface area contributed by atoms with Crippen molar-refractivity contribution in [3.05, 3.63) is 35.4 Å². The summed E-state index contributed by atoms with van der Waals surface area (Å²) in [6, 6.07) is 8.74. The topological polar surface area (TPSA) is 21.7 Å². The first kappa shape index (κ1) is 16.0. The van der Waals surface area contributed by atoms with Crippen LogP contribution in [0, 0.1) is 12.8 Å². The summed E-state index contributed by atoms with van der Waals surface area (Å²) in [6.45, 7) is 7.39. The zero-order valence-electron chi connectivity index (χ0n) is 14.0. The Bertz CT molecular complexity index is 480. The summed E-state index contributed by atoms with van der Waals surface area (Å²) in [6.07, 6.45) is 4.70. The third-order valence-electron chi connectivity index (χ3n) is 5.63. The van der Waals surface area contributed by atoms with Gasteiger partial charge in [0.15, 0.2) is 0 Å². The van der Waals surface area contributed by atoms with E-state index in [1.165, 1.54) is 30.4 Å². The fourth-order valence-corrected chi connectivity index (χ4v) is 4.12. The highest BCUT2D eigenvalue weighted by Crippen LogP contribution is 2.42. The molecule has 3 rings (SSSR count). The normalized spacial score (nSPS) is 24.9. The van der Waals surface area contributed by atoms with Crippen molar-refractivity contribution in [3.8, 4) is 0 Å². The van der Waals surface area contributed by atoms with E-state index in [9.17, 15) is 0 Å². The van der Waals surface area contributed by atoms with Crippen molar-refractivity contribution < 1.29 is 9.47 Å². The molecular weight excluding hydrogens is 274 g/mol. The van der Waals surface area contributed by atoms with Crippen molar-refractivity contribution in [1.29, 1.82) is 0 Å². The molecule has 0 unspecified atom stereocenters. The average molecular weight is 303 g/mol. The fourth-order valence-electron chi connectivity index (χ4n) is 4.12. The molecule has 22 heavy (non-hydrogen) atoms. The van der Waals surface area contributed by atoms with Gasteiger partial charge < -0.3 is 9.47 Å². The molecule has 3 heteroatoms. The molecule has 1 atom stereocenters. The zero-order valence-corrected chi connectivity index (χ0v) is 14.0. The molecule has 0 N–H and O–H groups in total. The van der Waals surface area contributed by atoms with E-state index in [0.29, 0.717) is 5.92 Å². The Hall–Kier alpha value is -0.900. The van der Waals surface area contributed by atoms with Crippen LogP contribution in [0.4, 0.5) is 0 Å². The predicted octanol–water partition coefficient (Wildman–Crippen LogP) is 3.40. The van der Waals surface area contributed by atoms with Crippen molar-refractivity contribution in [2.45, 2.75) is 44.8 Å². The third-order valence-corrected chi connectivity index (χ3v) is 5.63. The van der Waals surface area contributed by atoms with Gasteiger partial charge in [-0.25, -0.2) is 0 Å². The standard InChI is InChI=1S/C19H29NO2/c1-16-5-3-4-6-17(16)15-20-11-9-19(10-12-20)18(7-13-21-2)8-14-22-19/h3-6,18H,7-15H2,1-2H3/t18-/m1/s1. The van der Waals surface area contributed by atoms with Gasteiger partial charge in [-0.2, -0.15) is 0 Å². The lowest BCUT2D eigenvalue weighted by Crippen LogP contribution is -2.47. The molecule has 0 radical (unpaired) electrons. The molecule has 1 aromatic carbocycles. The molecule has 2 heterocycles. The lowest BCUT2D eigenvalue weighted by molar-refractivity contribution is -0.0721. The maximum Gasteiger partial charge on any atom is 0.0736 e. The van der Waals surface area contributed by atoms with Gasteiger partial charge >= 0.3 is 0 Å². The summed E-state index contributed by atoms with van der Waals surface area (Å²) in [5.74, 6) is 0.688. The predicted molar refractivity (Wildman–Crippen MR) is 89.0 cm³/mol. The van der Waals surface area contributed by atoms with Gasteiger partial charge in [-0.1, -0.05) is 24.3 Å². The van der Waals surface area contributed by atoms with Crippen LogP contribution in [0.5, 0.6) is 0 Å². The minimum atomic E-state index is 0.140. The fraction of sp³-hybridized carbons (Fsp3) is 0.684. The number of hydrogen-bond donors (Lipinski definition) is 0. The number of rotatable bonds is 5. The van der Waals surface area contributed by atoms with Crippen LogP contribution in [0.2, 0.25) is 0 Å². The van der Waals surface area contributed by atoms with Crippen LogP contribution in [-0.4, -0.2) is 43.9 Å². The number of benzene rings is 1. The lowest BCUT2D eigenvalue weighted by atomic mass is 9.78. The molecular formula is C19H29NO2. The van der Waals surface area contributed by atoms with E-state index < -0.39 is 0 Å². The summed E-state index contributed by atoms with van der Waals surface area (Å²) >= 11 is 0. The minimum absolute atomic E-state index is 0.140. The monoisotopic (exact) mass is 303 g/mol. The molecule has 2 saturated heterocycles. The van der Waals surface area contributed by atoms with Crippen LogP contribution < -0.4 is 0 Å². The second-order valence-electron chi connectivity index (χ2n) is 6.88. The Balaban J connectivity index is 1.57. The van der Waals surface area contributed by atoms with E-state index in [1.807, 2.05) is 0 Å². The van der Waals surface area contributed by atoms with Crippen molar-refractivity contribution >= 4 is 0 Å². The third kappa shape index (κ3) is 3.37. The highest BCUT2D eigenvalue weighted by molar-refractivity contribution is 5.25. The molecule has 2 aliphatic heterocycles. The number of piperidine rings is 1. The van der Waals surface area contributed by atoms with Gasteiger partial charge in [0.25, 0.3) is 0 Å². The summed E-state index contributed by atoms with van der Waals surface area (Å²) in [5, 5.41) is 0. The van der Waals surface area contributed by atoms with Crippen molar-refractivity contribution in [2.75, 3.05) is 33.4 Å². The van der Waals surface area contributed by atoms with E-state index in [2.05, 4.69) is 36.1 Å². The second-order valence-corrected chi connectivity index (χ2v) is 6.88. The number of aryl methyl sites for hydroxylation is 1. The van der Waals surface area contributed by atoms with Crippen LogP contribution in [0.15, 0.2) is 24.3 Å². The van der Waals surface area contributed by atoms with Gasteiger partial charge in [-0.05, 0) is 49.7 Å². The molecule has 0 amide bonds. The highest BCUT2D eigenvalue weighted by Gasteiger charge is 2.45. The molecule has 3 nitrogen and oxygen atoms in total. The minimum Gasteiger partial charge on any atom is -0.385 e. The lowest BCUT2D eigenvalue weighted by Gasteiger charge is -2.42. The van der Waals surface area contributed by atoms with Crippen LogP contribution in [0.1, 0.15) is 36.8 Å². The maximum atomic E-state index is 6.23. The molecule has 0 aromatic heterocycles. The molecule has 0 bridgehead atoms. The van der Waals surface area contributed by atoms with Gasteiger partial charge in [0, 0.05) is 40.0 Å². The Morgan fingerprint density at radius 3 is 2.77 bits per heavy atom. The van der Waals surface area contributed by atoms with Crippen LogP contribution in [-0.2, 0) is 16.0 Å². The zero-order chi connectivity index (χ0) is 15.4. The van der Waals surface area contributed by atoms with E-state index in [4.69, 9.17) is 9.47 Å². The van der Waals surface area contributed by atoms with Crippen LogP contribution >= 0.6 is 0 Å². The smallest absolute Gasteiger partial charge is 0.0736 e. The molecule has 122 valence electrons. The highest BCUT2D eigenvalue weighted by atomic mass is 16.5. The van der Waals surface area contributed by atoms with E-state index in [0.717, 1.165) is 39.3 Å². The van der Waals surface area contributed by atoms with E-state index >= 15 is 0 Å². The second kappa shape index (κ2) is 7.12. The van der Waals surface area contributed by atoms with Crippen molar-refractivity contribution in [1.82, 2.24) is 4.90 Å². The van der Waals surface area contributed by atoms with Crippen LogP contribution in [0.25, 0.3) is 0 Å². The summed E-state index contributed by atoms with van der Waals surface area (Å²) in [7, 11) is 1.80. The Labute approximate surface area is 134 Å². The molecule has 0 saturated carbocycles. The molecule has 2 aliphatic rings. The van der Waals surface area contributed by atoms with Gasteiger partial charge in [0.1, 0.15) is 0 Å². The van der Waals surface area contributed by atoms with Gasteiger partial charge in [-0.15, -0.1) is 0 Å². The first-order valence-electron chi connectivity index (χ1n) is 8.63. The molecule has 1 aromatic rings. The Kier molecular flexibility index (Phi) is 5.17. The van der Waals surface area contributed by atoms with Crippen molar-refractivity contribution in [3.63, 3.8) is 0 Å². The average Bonchev–Trinajstić information content (AvgIpc) is 2.92. The first-order valence-corrected chi connectivity index (χ1v) is 8.63. The summed E-state index contributed by atoms with van der Waals surface area (Å²) < 4.78 is 11.5. The van der Waals surface area contributed by atoms with Gasteiger partial charge in [0.2, 0.25) is 0 Å². The number of hydrogen-bond acceptors (Lipinski definition) is 3. The van der Waals surface area contributed by atoms with E-state index in [-0.39, 0.29) is 5.60 Å². The van der Waals surface area contributed by atoms with Crippen LogP contribution in [0.3, 0.4) is 0 Å². The van der Waals surface area contributed by atoms with E-state index in [1.54, 1.807) is 7.11 Å². The summed E-state index contributed by atoms with van der Waals surface area (Å²) in [4.78, 5) is 2.59.